The van der Waals surface area contributed by atoms with Crippen LogP contribution in [0.4, 0.5) is 0 Å². The average molecular weight is 275 g/mol. The van der Waals surface area contributed by atoms with Gasteiger partial charge in [0.05, 0.1) is 6.07 Å². The first-order valence-corrected chi connectivity index (χ1v) is 6.98. The molecule has 1 rings (SSSR count). The molecule has 1 unspecified atom stereocenters. The van der Waals surface area contributed by atoms with Gasteiger partial charge in [-0.1, -0.05) is 0 Å². The first kappa shape index (κ1) is 14.9. The van der Waals surface area contributed by atoms with Gasteiger partial charge in [0.1, 0.15) is 5.60 Å². The number of esters is 1. The number of nitrogens with two attached hydrogens (primary N) is 1. The highest BCUT2D eigenvalue weighted by Crippen LogP contribution is 2.32. The molecule has 0 amide bonds. The van der Waals surface area contributed by atoms with Gasteiger partial charge in [-0.3, -0.25) is 0 Å². The van der Waals surface area contributed by atoms with E-state index < -0.39 is 27.3 Å². The normalized spacial score (nSPS) is 25.7. The van der Waals surface area contributed by atoms with Gasteiger partial charge in [0.15, 0.2) is 0 Å². The minimum Gasteiger partial charge on any atom is -0.458 e. The van der Waals surface area contributed by atoms with E-state index in [-0.39, 0.29) is 13.0 Å². The molecule has 0 saturated carbocycles. The minimum absolute atomic E-state index is 0.0473. The Labute approximate surface area is 107 Å². The Hall–Kier alpha value is -1.17. The molecule has 0 bridgehead atoms. The molecule has 18 heavy (non-hydrogen) atoms. The van der Waals surface area contributed by atoms with Crippen molar-refractivity contribution in [3.63, 3.8) is 0 Å². The van der Waals surface area contributed by atoms with Gasteiger partial charge in [-0.25, -0.2) is 9.93 Å². The van der Waals surface area contributed by atoms with Crippen LogP contribution in [0.2, 0.25) is 0 Å². The molecule has 0 aliphatic carbocycles. The Morgan fingerprint density at radius 3 is 2.44 bits per heavy atom. The lowest BCUT2D eigenvalue weighted by Gasteiger charge is -2.31. The highest BCUT2D eigenvalue weighted by molar-refractivity contribution is 7.86. The maximum absolute atomic E-state index is 12.1. The monoisotopic (exact) mass is 275 g/mol. The molecule has 8 heteroatoms. The third-order valence-electron chi connectivity index (χ3n) is 2.55. The third kappa shape index (κ3) is 2.80. The van der Waals surface area contributed by atoms with Crippen LogP contribution < -0.4 is 5.14 Å². The van der Waals surface area contributed by atoms with Crippen molar-refractivity contribution in [2.45, 2.75) is 44.8 Å². The molecule has 1 fully saturated rings. The number of carbonyl (C=O) groups excluding carboxylic acids is 1. The van der Waals surface area contributed by atoms with Crippen LogP contribution in [-0.2, 0) is 19.7 Å². The summed E-state index contributed by atoms with van der Waals surface area (Å²) >= 11 is 0. The minimum atomic E-state index is -4.11. The number of nitriles is 1. The number of carbonyl (C=O) groups is 1. The average Bonchev–Trinajstić information content (AvgIpc) is 2.58. The molecular formula is C10H17N3O4S. The van der Waals surface area contributed by atoms with Crippen LogP contribution in [0.5, 0.6) is 0 Å². The topological polar surface area (TPSA) is 113 Å². The predicted octanol–water partition coefficient (Wildman–Crippen LogP) is -0.110. The Morgan fingerprint density at radius 1 is 1.50 bits per heavy atom. The molecule has 1 aliphatic rings. The van der Waals surface area contributed by atoms with Crippen LogP contribution in [0.1, 0.15) is 33.6 Å². The van der Waals surface area contributed by atoms with Gasteiger partial charge in [0, 0.05) is 6.54 Å². The molecule has 0 aromatic heterocycles. The van der Waals surface area contributed by atoms with Crippen molar-refractivity contribution in [3.05, 3.63) is 0 Å². The largest absolute Gasteiger partial charge is 0.458 e. The van der Waals surface area contributed by atoms with Crippen molar-refractivity contribution in [1.29, 1.82) is 5.26 Å². The van der Waals surface area contributed by atoms with Gasteiger partial charge in [0.2, 0.25) is 5.54 Å². The van der Waals surface area contributed by atoms with E-state index in [2.05, 4.69) is 0 Å². The van der Waals surface area contributed by atoms with Crippen molar-refractivity contribution >= 4 is 16.2 Å². The first-order valence-electron chi connectivity index (χ1n) is 5.48. The summed E-state index contributed by atoms with van der Waals surface area (Å²) in [5, 5.41) is 14.2. The van der Waals surface area contributed by atoms with Gasteiger partial charge in [-0.15, -0.1) is 0 Å². The molecule has 0 aromatic rings. The Bertz CT molecular complexity index is 488. The van der Waals surface area contributed by atoms with Crippen molar-refractivity contribution < 1.29 is 17.9 Å². The summed E-state index contributed by atoms with van der Waals surface area (Å²) < 4.78 is 28.7. The van der Waals surface area contributed by atoms with Crippen molar-refractivity contribution in [2.75, 3.05) is 6.54 Å². The molecule has 1 aliphatic heterocycles. The van der Waals surface area contributed by atoms with Gasteiger partial charge in [0.25, 0.3) is 10.2 Å². The zero-order chi connectivity index (χ0) is 14.2. The Morgan fingerprint density at radius 2 is 2.06 bits per heavy atom. The molecule has 1 heterocycles. The molecule has 2 N–H and O–H groups in total. The fraction of sp³-hybridized carbons (Fsp3) is 0.800. The molecule has 7 nitrogen and oxygen atoms in total. The summed E-state index contributed by atoms with van der Waals surface area (Å²) in [6.07, 6.45) is 0.484. The maximum atomic E-state index is 12.1. The van der Waals surface area contributed by atoms with Crippen LogP contribution in [0.25, 0.3) is 0 Å². The second-order valence-corrected chi connectivity index (χ2v) is 6.67. The summed E-state index contributed by atoms with van der Waals surface area (Å²) in [6.45, 7) is 4.98. The summed E-state index contributed by atoms with van der Waals surface area (Å²) in [4.78, 5) is 12.1. The summed E-state index contributed by atoms with van der Waals surface area (Å²) in [5.74, 6) is -0.871. The molecular weight excluding hydrogens is 258 g/mol. The fourth-order valence-electron chi connectivity index (χ4n) is 1.86. The molecule has 102 valence electrons. The van der Waals surface area contributed by atoms with E-state index in [0.717, 1.165) is 0 Å². The summed E-state index contributed by atoms with van der Waals surface area (Å²) in [7, 11) is -4.11. The van der Waals surface area contributed by atoms with Crippen molar-refractivity contribution in [1.82, 2.24) is 4.31 Å². The Balaban J connectivity index is 3.14. The van der Waals surface area contributed by atoms with Gasteiger partial charge in [-0.2, -0.15) is 18.0 Å². The van der Waals surface area contributed by atoms with E-state index in [1.165, 1.54) is 0 Å². The van der Waals surface area contributed by atoms with Crippen molar-refractivity contribution in [2.24, 2.45) is 5.14 Å². The number of hydrogen-bond acceptors (Lipinski definition) is 5. The lowest BCUT2D eigenvalue weighted by atomic mass is 9.99. The fourth-order valence-corrected chi connectivity index (χ4v) is 2.89. The summed E-state index contributed by atoms with van der Waals surface area (Å²) in [5.41, 5.74) is -2.63. The van der Waals surface area contributed by atoms with Crippen molar-refractivity contribution in [3.8, 4) is 6.07 Å². The van der Waals surface area contributed by atoms with E-state index >= 15 is 0 Å². The standard InChI is InChI=1S/C10H17N3O4S/c1-9(2,3)17-8(14)10(7-11)5-4-6-13(10)18(12,15)16/h4-6H2,1-3H3,(H2,12,15,16). The van der Waals surface area contributed by atoms with Gasteiger partial charge >= 0.3 is 5.97 Å². The quantitative estimate of drug-likeness (QED) is 0.706. The Kier molecular flexibility index (Phi) is 3.72. The van der Waals surface area contributed by atoms with Crippen LogP contribution in [0.15, 0.2) is 0 Å². The predicted molar refractivity (Wildman–Crippen MR) is 63.2 cm³/mol. The van der Waals surface area contributed by atoms with Crippen LogP contribution >= 0.6 is 0 Å². The van der Waals surface area contributed by atoms with E-state index in [9.17, 15) is 18.5 Å². The van der Waals surface area contributed by atoms with Crippen LogP contribution in [-0.4, -0.2) is 36.4 Å². The highest BCUT2D eigenvalue weighted by atomic mass is 32.2. The lowest BCUT2D eigenvalue weighted by Crippen LogP contribution is -2.55. The summed E-state index contributed by atoms with van der Waals surface area (Å²) in [6, 6.07) is 1.75. The van der Waals surface area contributed by atoms with E-state index in [0.29, 0.717) is 10.7 Å². The first-order chi connectivity index (χ1) is 8.03. The zero-order valence-corrected chi connectivity index (χ0v) is 11.5. The van der Waals surface area contributed by atoms with Crippen LogP contribution in [0.3, 0.4) is 0 Å². The van der Waals surface area contributed by atoms with Gasteiger partial charge in [-0.05, 0) is 33.6 Å². The zero-order valence-electron chi connectivity index (χ0n) is 10.6. The van der Waals surface area contributed by atoms with Gasteiger partial charge < -0.3 is 4.74 Å². The van der Waals surface area contributed by atoms with E-state index in [4.69, 9.17) is 9.88 Å². The smallest absolute Gasteiger partial charge is 0.343 e. The number of hydrogen-bond donors (Lipinski definition) is 1. The highest BCUT2D eigenvalue weighted by Gasteiger charge is 2.54. The van der Waals surface area contributed by atoms with E-state index in [1.807, 2.05) is 0 Å². The second-order valence-electron chi connectivity index (χ2n) is 5.19. The number of nitrogens with zero attached hydrogens (tertiary/aromatic N) is 2. The van der Waals surface area contributed by atoms with E-state index in [1.54, 1.807) is 26.8 Å². The second kappa shape index (κ2) is 4.50. The number of ether oxygens (including phenoxy) is 1. The maximum Gasteiger partial charge on any atom is 0.343 e. The van der Waals surface area contributed by atoms with Crippen LogP contribution in [0, 0.1) is 11.3 Å². The lowest BCUT2D eigenvalue weighted by molar-refractivity contribution is -0.162. The number of rotatable bonds is 2. The SMILES string of the molecule is CC(C)(C)OC(=O)C1(C#N)CCCN1S(N)(=O)=O. The molecule has 0 aromatic carbocycles. The molecule has 0 spiro atoms. The third-order valence-corrected chi connectivity index (χ3v) is 3.66. The molecule has 1 saturated heterocycles. The molecule has 1 atom stereocenters. The molecule has 0 radical (unpaired) electrons.